The zero-order valence-electron chi connectivity index (χ0n) is 7.27. The van der Waals surface area contributed by atoms with Crippen LogP contribution >= 0.6 is 11.6 Å². The molecule has 5 nitrogen and oxygen atoms in total. The quantitative estimate of drug-likeness (QED) is 0.489. The number of hydrogen-bond donors (Lipinski definition) is 1. The van der Waals surface area contributed by atoms with Gasteiger partial charge in [0, 0.05) is 0 Å². The van der Waals surface area contributed by atoms with Gasteiger partial charge in [-0.25, -0.2) is 18.7 Å². The largest absolute Gasteiger partial charge is 0.470 e. The van der Waals surface area contributed by atoms with Crippen LogP contribution in [-0.4, -0.2) is 33.4 Å². The van der Waals surface area contributed by atoms with E-state index in [9.17, 15) is 8.78 Å². The van der Waals surface area contributed by atoms with Crippen LogP contribution in [0.25, 0.3) is 0 Å². The Kier molecular flexibility index (Phi) is 4.17. The minimum absolute atomic E-state index is 0.0542. The van der Waals surface area contributed by atoms with Crippen molar-refractivity contribution in [2.24, 2.45) is 5.16 Å². The molecule has 0 fully saturated rings. The number of hydrogen-bond acceptors (Lipinski definition) is 5. The van der Waals surface area contributed by atoms with Crippen LogP contribution in [0.2, 0.25) is 0 Å². The van der Waals surface area contributed by atoms with Gasteiger partial charge < -0.3 is 9.94 Å². The van der Waals surface area contributed by atoms with Crippen molar-refractivity contribution < 1.29 is 18.7 Å². The van der Waals surface area contributed by atoms with Gasteiger partial charge in [0.05, 0.1) is 12.4 Å². The summed E-state index contributed by atoms with van der Waals surface area (Å²) in [4.78, 5) is 7.30. The molecule has 0 aliphatic heterocycles. The first-order chi connectivity index (χ1) is 7.13. The van der Waals surface area contributed by atoms with Crippen LogP contribution in [0.3, 0.4) is 0 Å². The molecular formula is C7H6ClF2N3O2. The highest BCUT2D eigenvalue weighted by atomic mass is 35.5. The second-order valence-corrected chi connectivity index (χ2v) is 2.69. The first kappa shape index (κ1) is 11.6. The number of oxime groups is 1. The average molecular weight is 238 g/mol. The van der Waals surface area contributed by atoms with Crippen molar-refractivity contribution in [1.29, 1.82) is 0 Å². The smallest absolute Gasteiger partial charge is 0.272 e. The van der Waals surface area contributed by atoms with Crippen LogP contribution < -0.4 is 4.74 Å². The molecule has 1 rings (SSSR count). The van der Waals surface area contributed by atoms with Crippen molar-refractivity contribution in [1.82, 2.24) is 9.97 Å². The summed E-state index contributed by atoms with van der Waals surface area (Å²) in [5.41, 5.74) is 0.114. The van der Waals surface area contributed by atoms with Crippen LogP contribution in [0.1, 0.15) is 5.69 Å². The third-order valence-corrected chi connectivity index (χ3v) is 1.55. The maximum absolute atomic E-state index is 11.7. The number of alkyl halides is 2. The molecule has 0 saturated heterocycles. The van der Waals surface area contributed by atoms with E-state index in [4.69, 9.17) is 16.8 Å². The van der Waals surface area contributed by atoms with Gasteiger partial charge in [-0.05, 0) is 0 Å². The molecule has 0 aliphatic rings. The SMILES string of the molecule is O/N=C(/Cl)c1cnc(OCC(F)F)cn1. The lowest BCUT2D eigenvalue weighted by Crippen LogP contribution is -2.08. The Balaban J connectivity index is 2.64. The summed E-state index contributed by atoms with van der Waals surface area (Å²) in [6.07, 6.45) is -0.331. The van der Waals surface area contributed by atoms with Crippen molar-refractivity contribution in [2.75, 3.05) is 6.61 Å². The lowest BCUT2D eigenvalue weighted by atomic mass is 10.5. The molecule has 0 amide bonds. The van der Waals surface area contributed by atoms with Gasteiger partial charge in [-0.2, -0.15) is 0 Å². The van der Waals surface area contributed by atoms with Crippen molar-refractivity contribution in [3.63, 3.8) is 0 Å². The van der Waals surface area contributed by atoms with E-state index in [1.165, 1.54) is 0 Å². The maximum atomic E-state index is 11.7. The number of halogens is 3. The Morgan fingerprint density at radius 1 is 1.53 bits per heavy atom. The second kappa shape index (κ2) is 5.40. The molecule has 15 heavy (non-hydrogen) atoms. The Morgan fingerprint density at radius 2 is 2.27 bits per heavy atom. The Labute approximate surface area is 88.4 Å². The van der Waals surface area contributed by atoms with E-state index in [2.05, 4.69) is 19.9 Å². The molecule has 0 aromatic carbocycles. The molecule has 1 aromatic heterocycles. The zero-order chi connectivity index (χ0) is 11.3. The van der Waals surface area contributed by atoms with Crippen LogP contribution in [0, 0.1) is 0 Å². The average Bonchev–Trinajstić information content (AvgIpc) is 2.26. The molecule has 8 heteroatoms. The summed E-state index contributed by atoms with van der Waals surface area (Å²) in [5, 5.41) is 10.7. The van der Waals surface area contributed by atoms with E-state index in [0.29, 0.717) is 0 Å². The van der Waals surface area contributed by atoms with E-state index in [1.807, 2.05) is 0 Å². The first-order valence-electron chi connectivity index (χ1n) is 3.74. The van der Waals surface area contributed by atoms with Gasteiger partial charge in [0.2, 0.25) is 5.88 Å². The lowest BCUT2D eigenvalue weighted by Gasteiger charge is -2.03. The van der Waals surface area contributed by atoms with Crippen molar-refractivity contribution in [3.8, 4) is 5.88 Å². The topological polar surface area (TPSA) is 67.6 Å². The normalized spacial score (nSPS) is 11.9. The summed E-state index contributed by atoms with van der Waals surface area (Å²) in [6, 6.07) is 0. The van der Waals surface area contributed by atoms with E-state index in [0.717, 1.165) is 12.4 Å². The molecule has 0 bridgehead atoms. The summed E-state index contributed by atoms with van der Waals surface area (Å²) in [5.74, 6) is -0.0542. The molecular weight excluding hydrogens is 232 g/mol. The van der Waals surface area contributed by atoms with Crippen molar-refractivity contribution >= 4 is 16.8 Å². The van der Waals surface area contributed by atoms with Crippen molar-refractivity contribution in [2.45, 2.75) is 6.43 Å². The highest BCUT2D eigenvalue weighted by molar-refractivity contribution is 6.69. The van der Waals surface area contributed by atoms with Crippen LogP contribution in [0.15, 0.2) is 17.5 Å². The van der Waals surface area contributed by atoms with Crippen LogP contribution in [0.4, 0.5) is 8.78 Å². The Hall–Kier alpha value is -1.50. The van der Waals surface area contributed by atoms with E-state index < -0.39 is 13.0 Å². The number of rotatable bonds is 4. The minimum atomic E-state index is -2.57. The first-order valence-corrected chi connectivity index (χ1v) is 4.12. The van der Waals surface area contributed by atoms with E-state index in [1.54, 1.807) is 0 Å². The van der Waals surface area contributed by atoms with Gasteiger partial charge in [-0.15, -0.1) is 0 Å². The van der Waals surface area contributed by atoms with Gasteiger partial charge in [0.15, 0.2) is 11.8 Å². The minimum Gasteiger partial charge on any atom is -0.470 e. The monoisotopic (exact) mass is 237 g/mol. The molecule has 1 aromatic rings. The lowest BCUT2D eigenvalue weighted by molar-refractivity contribution is 0.0794. The summed E-state index contributed by atoms with van der Waals surface area (Å²) >= 11 is 5.41. The molecule has 0 radical (unpaired) electrons. The second-order valence-electron chi connectivity index (χ2n) is 2.33. The molecule has 1 N–H and O–H groups in total. The van der Waals surface area contributed by atoms with Gasteiger partial charge in [-0.1, -0.05) is 16.8 Å². The molecule has 0 atom stereocenters. The van der Waals surface area contributed by atoms with Gasteiger partial charge in [0.25, 0.3) is 6.43 Å². The predicted molar refractivity (Wildman–Crippen MR) is 47.7 cm³/mol. The number of ether oxygens (including phenoxy) is 1. The molecule has 0 aliphatic carbocycles. The van der Waals surface area contributed by atoms with E-state index in [-0.39, 0.29) is 16.7 Å². The van der Waals surface area contributed by atoms with Gasteiger partial charge >= 0.3 is 0 Å². The fourth-order valence-corrected chi connectivity index (χ4v) is 0.794. The Morgan fingerprint density at radius 3 is 2.73 bits per heavy atom. The molecule has 82 valence electrons. The molecule has 0 unspecified atom stereocenters. The highest BCUT2D eigenvalue weighted by Crippen LogP contribution is 2.07. The Bertz CT molecular complexity index is 345. The van der Waals surface area contributed by atoms with Gasteiger partial charge in [0.1, 0.15) is 5.69 Å². The van der Waals surface area contributed by atoms with E-state index >= 15 is 0 Å². The number of aromatic nitrogens is 2. The molecule has 0 spiro atoms. The third kappa shape index (κ3) is 3.62. The highest BCUT2D eigenvalue weighted by Gasteiger charge is 2.06. The fourth-order valence-electron chi connectivity index (χ4n) is 0.697. The van der Waals surface area contributed by atoms with Crippen LogP contribution in [-0.2, 0) is 0 Å². The number of nitrogens with zero attached hydrogens (tertiary/aromatic N) is 3. The third-order valence-electron chi connectivity index (χ3n) is 1.28. The summed E-state index contributed by atoms with van der Waals surface area (Å²) < 4.78 is 28.0. The van der Waals surface area contributed by atoms with Crippen molar-refractivity contribution in [3.05, 3.63) is 18.1 Å². The maximum Gasteiger partial charge on any atom is 0.272 e. The van der Waals surface area contributed by atoms with Crippen LogP contribution in [0.5, 0.6) is 5.88 Å². The summed E-state index contributed by atoms with van der Waals surface area (Å²) in [7, 11) is 0. The molecule has 1 heterocycles. The summed E-state index contributed by atoms with van der Waals surface area (Å²) in [6.45, 7) is -0.754. The standard InChI is InChI=1S/C7H6ClF2N3O2/c8-7(13-14)4-1-12-6(2-11-4)15-3-5(9)10/h1-2,5,14H,3H2/b13-7+. The fraction of sp³-hybridized carbons (Fsp3) is 0.286. The van der Waals surface area contributed by atoms with Gasteiger partial charge in [-0.3, -0.25) is 0 Å². The molecule has 0 saturated carbocycles. The predicted octanol–water partition coefficient (Wildman–Crippen LogP) is 1.50. The zero-order valence-corrected chi connectivity index (χ0v) is 8.03.